The fourth-order valence-electron chi connectivity index (χ4n) is 2.11. The SMILES string of the molecule is CCOP(=O)(OCC)C(CC)(CC)P(=O)(O)ON(C)C. The largest absolute Gasteiger partial charge is 0.362 e. The lowest BCUT2D eigenvalue weighted by atomic mass is 10.2. The first kappa shape index (κ1) is 20.3. The van der Waals surface area contributed by atoms with E-state index in [1.807, 2.05) is 0 Å². The van der Waals surface area contributed by atoms with Crippen molar-refractivity contribution in [2.75, 3.05) is 27.3 Å². The van der Waals surface area contributed by atoms with Crippen LogP contribution in [-0.4, -0.2) is 42.2 Å². The Morgan fingerprint density at radius 2 is 1.40 bits per heavy atom. The van der Waals surface area contributed by atoms with Gasteiger partial charge in [0.15, 0.2) is 4.90 Å². The van der Waals surface area contributed by atoms with Crippen LogP contribution in [0.2, 0.25) is 0 Å². The third kappa shape index (κ3) is 3.92. The van der Waals surface area contributed by atoms with Crippen molar-refractivity contribution >= 4 is 15.2 Å². The van der Waals surface area contributed by atoms with Crippen LogP contribution in [0.3, 0.4) is 0 Å². The molecule has 122 valence electrons. The molecule has 0 spiro atoms. The van der Waals surface area contributed by atoms with Crippen LogP contribution in [0, 0.1) is 0 Å². The first-order valence-corrected chi connectivity index (χ1v) is 9.87. The van der Waals surface area contributed by atoms with Gasteiger partial charge in [-0.25, -0.2) is 4.62 Å². The maximum absolute atomic E-state index is 13.1. The molecule has 0 saturated heterocycles. The zero-order valence-corrected chi connectivity index (χ0v) is 14.9. The fourth-order valence-corrected chi connectivity index (χ4v) is 7.20. The maximum atomic E-state index is 13.1. The Hall–Kier alpha value is 0.260. The molecule has 1 N–H and O–H groups in total. The summed E-state index contributed by atoms with van der Waals surface area (Å²) < 4.78 is 41.3. The summed E-state index contributed by atoms with van der Waals surface area (Å²) in [6.07, 6.45) is 0.283. The first-order chi connectivity index (χ1) is 9.16. The number of hydrogen-bond acceptors (Lipinski definition) is 6. The molecule has 0 aliphatic heterocycles. The Labute approximate surface area is 121 Å². The molecule has 0 bridgehead atoms. The van der Waals surface area contributed by atoms with E-state index in [1.165, 1.54) is 14.1 Å². The van der Waals surface area contributed by atoms with Crippen molar-refractivity contribution in [1.29, 1.82) is 0 Å². The van der Waals surface area contributed by atoms with Crippen molar-refractivity contribution < 1.29 is 27.7 Å². The topological polar surface area (TPSA) is 85.3 Å². The Morgan fingerprint density at radius 1 is 1.00 bits per heavy atom. The molecule has 0 aromatic heterocycles. The molecule has 20 heavy (non-hydrogen) atoms. The van der Waals surface area contributed by atoms with Crippen molar-refractivity contribution in [2.45, 2.75) is 45.4 Å². The van der Waals surface area contributed by atoms with E-state index >= 15 is 0 Å². The molecule has 1 atom stereocenters. The Balaban J connectivity index is 5.90. The van der Waals surface area contributed by atoms with Crippen LogP contribution in [0.4, 0.5) is 0 Å². The molecule has 7 nitrogen and oxygen atoms in total. The van der Waals surface area contributed by atoms with Gasteiger partial charge in [0.2, 0.25) is 0 Å². The molecule has 0 radical (unpaired) electrons. The number of rotatable bonds is 10. The van der Waals surface area contributed by atoms with Gasteiger partial charge >= 0.3 is 15.2 Å². The predicted molar refractivity (Wildman–Crippen MR) is 78.8 cm³/mol. The van der Waals surface area contributed by atoms with Gasteiger partial charge in [0.1, 0.15) is 0 Å². The second kappa shape index (κ2) is 8.04. The number of hydroxylamine groups is 2. The molecule has 0 aliphatic carbocycles. The van der Waals surface area contributed by atoms with E-state index in [-0.39, 0.29) is 26.1 Å². The summed E-state index contributed by atoms with van der Waals surface area (Å²) in [6, 6.07) is 0. The zero-order valence-electron chi connectivity index (χ0n) is 13.2. The second-order valence-corrected chi connectivity index (χ2v) is 9.22. The molecule has 0 saturated carbocycles. The smallest absolute Gasteiger partial charge is 0.322 e. The van der Waals surface area contributed by atoms with E-state index in [0.717, 1.165) is 5.06 Å². The van der Waals surface area contributed by atoms with Crippen LogP contribution in [0.25, 0.3) is 0 Å². The highest BCUT2D eigenvalue weighted by molar-refractivity contribution is 7.73. The van der Waals surface area contributed by atoms with Crippen LogP contribution < -0.4 is 0 Å². The van der Waals surface area contributed by atoms with Crippen molar-refractivity contribution in [3.8, 4) is 0 Å². The van der Waals surface area contributed by atoms with Gasteiger partial charge in [0.05, 0.1) is 13.2 Å². The summed E-state index contributed by atoms with van der Waals surface area (Å²) in [5.74, 6) is 0. The van der Waals surface area contributed by atoms with Gasteiger partial charge in [0, 0.05) is 14.1 Å². The number of nitrogens with zero attached hydrogens (tertiary/aromatic N) is 1. The van der Waals surface area contributed by atoms with E-state index in [2.05, 4.69) is 0 Å². The van der Waals surface area contributed by atoms with Crippen LogP contribution in [-0.2, 0) is 22.8 Å². The fraction of sp³-hybridized carbons (Fsp3) is 1.00. The Bertz CT molecular complexity index is 373. The molecular weight excluding hydrogens is 304 g/mol. The molecule has 9 heteroatoms. The van der Waals surface area contributed by atoms with Gasteiger partial charge in [-0.15, -0.1) is 0 Å². The summed E-state index contributed by atoms with van der Waals surface area (Å²) in [5, 5.41) is 1.13. The second-order valence-electron chi connectivity index (χ2n) is 4.44. The molecule has 0 heterocycles. The zero-order chi connectivity index (χ0) is 16.0. The minimum Gasteiger partial charge on any atom is -0.322 e. The average molecular weight is 331 g/mol. The molecule has 1 unspecified atom stereocenters. The molecule has 0 amide bonds. The summed E-state index contributed by atoms with van der Waals surface area (Å²) in [5.41, 5.74) is 0. The lowest BCUT2D eigenvalue weighted by Crippen LogP contribution is -2.32. The van der Waals surface area contributed by atoms with Crippen LogP contribution in [0.1, 0.15) is 40.5 Å². The lowest BCUT2D eigenvalue weighted by molar-refractivity contribution is -0.0196. The van der Waals surface area contributed by atoms with Crippen molar-refractivity contribution in [1.82, 2.24) is 5.06 Å². The highest BCUT2D eigenvalue weighted by Gasteiger charge is 2.62. The van der Waals surface area contributed by atoms with Crippen molar-refractivity contribution in [2.24, 2.45) is 0 Å². The third-order valence-electron chi connectivity index (χ3n) is 3.04. The van der Waals surface area contributed by atoms with Gasteiger partial charge in [-0.2, -0.15) is 5.06 Å². The average Bonchev–Trinajstić information content (AvgIpc) is 2.29. The maximum Gasteiger partial charge on any atom is 0.362 e. The van der Waals surface area contributed by atoms with E-state index in [4.69, 9.17) is 13.7 Å². The Morgan fingerprint density at radius 3 is 1.65 bits per heavy atom. The highest BCUT2D eigenvalue weighted by atomic mass is 31.2. The minimum absolute atomic E-state index is 0.126. The lowest BCUT2D eigenvalue weighted by Gasteiger charge is -2.39. The standard InChI is InChI=1S/C11H27NO6P2/c1-7-11(8-2,19(13,14)18-12(5)6)20(15,16-9-3)17-10-4/h7-10H2,1-6H3,(H,13,14). The minimum atomic E-state index is -4.26. The van der Waals surface area contributed by atoms with Crippen molar-refractivity contribution in [3.63, 3.8) is 0 Å². The van der Waals surface area contributed by atoms with Crippen molar-refractivity contribution in [3.05, 3.63) is 0 Å². The van der Waals surface area contributed by atoms with Gasteiger partial charge in [-0.05, 0) is 26.7 Å². The van der Waals surface area contributed by atoms with Crippen LogP contribution in [0.15, 0.2) is 0 Å². The monoisotopic (exact) mass is 331 g/mol. The molecule has 0 aliphatic rings. The number of hydrogen-bond donors (Lipinski definition) is 1. The van der Waals surface area contributed by atoms with Gasteiger partial charge in [0.25, 0.3) is 0 Å². The van der Waals surface area contributed by atoms with E-state index in [1.54, 1.807) is 27.7 Å². The highest BCUT2D eigenvalue weighted by Crippen LogP contribution is 2.78. The van der Waals surface area contributed by atoms with E-state index in [0.29, 0.717) is 0 Å². The Kier molecular flexibility index (Phi) is 8.15. The summed E-state index contributed by atoms with van der Waals surface area (Å²) in [7, 11) is -5.08. The summed E-state index contributed by atoms with van der Waals surface area (Å²) in [6.45, 7) is 6.93. The predicted octanol–water partition coefficient (Wildman–Crippen LogP) is 3.45. The van der Waals surface area contributed by atoms with Gasteiger partial charge < -0.3 is 13.9 Å². The quantitative estimate of drug-likeness (QED) is 0.485. The van der Waals surface area contributed by atoms with Crippen LogP contribution in [0.5, 0.6) is 0 Å². The third-order valence-corrected chi connectivity index (χ3v) is 9.61. The molecule has 0 aromatic carbocycles. The summed E-state index contributed by atoms with van der Waals surface area (Å²) >= 11 is 0. The molecule has 0 rings (SSSR count). The van der Waals surface area contributed by atoms with Gasteiger partial charge in [-0.1, -0.05) is 13.8 Å². The molecule has 0 fully saturated rings. The van der Waals surface area contributed by atoms with Gasteiger partial charge in [-0.3, -0.25) is 9.13 Å². The van der Waals surface area contributed by atoms with E-state index < -0.39 is 20.1 Å². The molecular formula is C11H27NO6P2. The normalized spacial score (nSPS) is 16.4. The molecule has 0 aromatic rings. The van der Waals surface area contributed by atoms with Crippen LogP contribution >= 0.6 is 15.2 Å². The summed E-state index contributed by atoms with van der Waals surface area (Å²) in [4.78, 5) is 8.77. The van der Waals surface area contributed by atoms with E-state index in [9.17, 15) is 14.0 Å². The first-order valence-electron chi connectivity index (χ1n) is 6.75.